The van der Waals surface area contributed by atoms with E-state index in [-0.39, 0.29) is 9.77 Å². The van der Waals surface area contributed by atoms with Gasteiger partial charge < -0.3 is 4.74 Å². The third-order valence-electron chi connectivity index (χ3n) is 4.82. The Morgan fingerprint density at radius 2 is 1.81 bits per heavy atom. The highest BCUT2D eigenvalue weighted by molar-refractivity contribution is 7.89. The van der Waals surface area contributed by atoms with Gasteiger partial charge in [0.05, 0.1) is 7.11 Å². The summed E-state index contributed by atoms with van der Waals surface area (Å²) >= 11 is 1.12. The molecule has 0 radical (unpaired) electrons. The van der Waals surface area contributed by atoms with Crippen molar-refractivity contribution in [2.24, 2.45) is 5.92 Å². The first kappa shape index (κ1) is 19.1. The van der Waals surface area contributed by atoms with Crippen molar-refractivity contribution in [1.29, 1.82) is 0 Å². The Bertz CT molecular complexity index is 892. The van der Waals surface area contributed by atoms with E-state index in [1.165, 1.54) is 11.4 Å². The van der Waals surface area contributed by atoms with Crippen molar-refractivity contribution in [3.05, 3.63) is 40.1 Å². The minimum absolute atomic E-state index is 0.0766. The van der Waals surface area contributed by atoms with E-state index < -0.39 is 16.0 Å². The molecule has 0 amide bonds. The van der Waals surface area contributed by atoms with Gasteiger partial charge in [0.25, 0.3) is 0 Å². The highest BCUT2D eigenvalue weighted by Gasteiger charge is 2.35. The van der Waals surface area contributed by atoms with Crippen LogP contribution in [0.3, 0.4) is 0 Å². The summed E-state index contributed by atoms with van der Waals surface area (Å²) < 4.78 is 33.1. The second-order valence-electron chi connectivity index (χ2n) is 6.75. The summed E-state index contributed by atoms with van der Waals surface area (Å²) in [7, 11) is -2.50. The molecule has 0 aliphatic carbocycles. The summed E-state index contributed by atoms with van der Waals surface area (Å²) in [6.45, 7) is 5.07. The average Bonchev–Trinajstić information content (AvgIpc) is 3.08. The quantitative estimate of drug-likeness (QED) is 0.739. The van der Waals surface area contributed by atoms with Gasteiger partial charge in [-0.2, -0.15) is 4.31 Å². The average molecular weight is 394 g/mol. The maximum Gasteiger partial charge on any atom is 0.349 e. The predicted molar refractivity (Wildman–Crippen MR) is 103 cm³/mol. The molecule has 5 nitrogen and oxygen atoms in total. The van der Waals surface area contributed by atoms with Gasteiger partial charge in [0, 0.05) is 24.0 Å². The van der Waals surface area contributed by atoms with Crippen molar-refractivity contribution in [2.45, 2.75) is 31.6 Å². The van der Waals surface area contributed by atoms with Crippen LogP contribution in [0, 0.1) is 12.8 Å². The summed E-state index contributed by atoms with van der Waals surface area (Å²) in [6.07, 6.45) is 1.66. The zero-order chi connectivity index (χ0) is 18.9. The van der Waals surface area contributed by atoms with E-state index in [0.29, 0.717) is 24.6 Å². The lowest BCUT2D eigenvalue weighted by molar-refractivity contribution is 0.0602. The Balaban J connectivity index is 2.12. The number of methoxy groups -OCH3 is 1. The number of piperidine rings is 1. The zero-order valence-corrected chi connectivity index (χ0v) is 16.8. The van der Waals surface area contributed by atoms with Crippen LogP contribution in [-0.4, -0.2) is 38.9 Å². The van der Waals surface area contributed by atoms with E-state index in [9.17, 15) is 13.2 Å². The number of aryl methyl sites for hydroxylation is 1. The number of carbonyl (C=O) groups is 1. The first-order chi connectivity index (χ1) is 12.3. The summed E-state index contributed by atoms with van der Waals surface area (Å²) in [5.41, 5.74) is 2.44. The lowest BCUT2D eigenvalue weighted by Gasteiger charge is -2.29. The first-order valence-electron chi connectivity index (χ1n) is 8.61. The first-order valence-corrected chi connectivity index (χ1v) is 10.9. The molecule has 2 heterocycles. The van der Waals surface area contributed by atoms with Gasteiger partial charge in [-0.05, 0) is 31.2 Å². The number of benzene rings is 1. The topological polar surface area (TPSA) is 63.7 Å². The Morgan fingerprint density at radius 1 is 1.19 bits per heavy atom. The molecule has 1 aliphatic heterocycles. The second-order valence-corrected chi connectivity index (χ2v) is 9.51. The molecule has 0 N–H and O–H groups in total. The summed E-state index contributed by atoms with van der Waals surface area (Å²) in [4.78, 5) is 12.4. The van der Waals surface area contributed by atoms with Crippen LogP contribution in [0.25, 0.3) is 11.1 Å². The number of ether oxygens (including phenoxy) is 1. The molecule has 1 aromatic carbocycles. The Labute approximate surface area is 158 Å². The fourth-order valence-corrected chi connectivity index (χ4v) is 6.27. The molecule has 140 valence electrons. The lowest BCUT2D eigenvalue weighted by Crippen LogP contribution is -2.38. The number of thiophene rings is 1. The maximum atomic E-state index is 13.4. The van der Waals surface area contributed by atoms with Gasteiger partial charge in [0.2, 0.25) is 10.0 Å². The van der Waals surface area contributed by atoms with E-state index in [1.54, 1.807) is 5.38 Å². The molecule has 7 heteroatoms. The van der Waals surface area contributed by atoms with E-state index in [4.69, 9.17) is 4.74 Å². The number of hydrogen-bond donors (Lipinski definition) is 0. The molecular weight excluding hydrogens is 370 g/mol. The SMILES string of the molecule is COC(=O)c1scc(-c2ccc(C)cc2)c1S(=O)(=O)N1CCC(C)CC1. The van der Waals surface area contributed by atoms with Crippen LogP contribution in [-0.2, 0) is 14.8 Å². The molecule has 3 rings (SSSR count). The Morgan fingerprint density at radius 3 is 2.38 bits per heavy atom. The van der Waals surface area contributed by atoms with Gasteiger partial charge in [-0.25, -0.2) is 13.2 Å². The van der Waals surface area contributed by atoms with Crippen molar-refractivity contribution >= 4 is 27.3 Å². The molecule has 2 aromatic rings. The molecular formula is C19H23NO4S2. The van der Waals surface area contributed by atoms with E-state index in [2.05, 4.69) is 6.92 Å². The molecule has 1 aliphatic rings. The minimum Gasteiger partial charge on any atom is -0.465 e. The van der Waals surface area contributed by atoms with Crippen LogP contribution < -0.4 is 0 Å². The number of hydrogen-bond acceptors (Lipinski definition) is 5. The molecule has 1 aromatic heterocycles. The molecule has 0 unspecified atom stereocenters. The molecule has 0 atom stereocenters. The van der Waals surface area contributed by atoms with Gasteiger partial charge in [-0.3, -0.25) is 0 Å². The predicted octanol–water partition coefficient (Wildman–Crippen LogP) is 3.93. The fraction of sp³-hybridized carbons (Fsp3) is 0.421. The Hall–Kier alpha value is -1.70. The van der Waals surface area contributed by atoms with Crippen molar-refractivity contribution in [3.63, 3.8) is 0 Å². The highest BCUT2D eigenvalue weighted by Crippen LogP contribution is 2.38. The number of esters is 1. The van der Waals surface area contributed by atoms with Crippen molar-refractivity contribution in [1.82, 2.24) is 4.31 Å². The van der Waals surface area contributed by atoms with Crippen molar-refractivity contribution in [3.8, 4) is 11.1 Å². The molecule has 0 saturated carbocycles. The zero-order valence-electron chi connectivity index (χ0n) is 15.2. The third kappa shape index (κ3) is 3.56. The second kappa shape index (κ2) is 7.50. The lowest BCUT2D eigenvalue weighted by atomic mass is 10.0. The van der Waals surface area contributed by atoms with Crippen molar-refractivity contribution < 1.29 is 17.9 Å². The number of sulfonamides is 1. The maximum absolute atomic E-state index is 13.4. The number of rotatable bonds is 4. The number of carbonyl (C=O) groups excluding carboxylic acids is 1. The van der Waals surface area contributed by atoms with Crippen LogP contribution in [0.2, 0.25) is 0 Å². The highest BCUT2D eigenvalue weighted by atomic mass is 32.2. The third-order valence-corrected chi connectivity index (χ3v) is 7.89. The largest absolute Gasteiger partial charge is 0.465 e. The van der Waals surface area contributed by atoms with Gasteiger partial charge in [-0.15, -0.1) is 11.3 Å². The molecule has 1 fully saturated rings. The fourth-order valence-electron chi connectivity index (χ4n) is 3.12. The number of nitrogens with zero attached hydrogens (tertiary/aromatic N) is 1. The van der Waals surface area contributed by atoms with E-state index in [1.807, 2.05) is 31.2 Å². The molecule has 1 saturated heterocycles. The van der Waals surface area contributed by atoms with Crippen LogP contribution in [0.5, 0.6) is 0 Å². The van der Waals surface area contributed by atoms with Gasteiger partial charge in [-0.1, -0.05) is 36.8 Å². The van der Waals surface area contributed by atoms with E-state index >= 15 is 0 Å². The summed E-state index contributed by atoms with van der Waals surface area (Å²) in [5.74, 6) is -0.0992. The normalized spacial score (nSPS) is 16.6. The minimum atomic E-state index is -3.77. The van der Waals surface area contributed by atoms with Gasteiger partial charge >= 0.3 is 5.97 Å². The van der Waals surface area contributed by atoms with Gasteiger partial charge in [0.15, 0.2) is 0 Å². The summed E-state index contributed by atoms with van der Waals surface area (Å²) in [6, 6.07) is 7.64. The van der Waals surface area contributed by atoms with Crippen LogP contribution in [0.4, 0.5) is 0 Å². The molecule has 0 bridgehead atoms. The van der Waals surface area contributed by atoms with Gasteiger partial charge in [0.1, 0.15) is 9.77 Å². The van der Waals surface area contributed by atoms with E-state index in [0.717, 1.165) is 35.3 Å². The molecule has 0 spiro atoms. The van der Waals surface area contributed by atoms with Crippen LogP contribution in [0.15, 0.2) is 34.5 Å². The van der Waals surface area contributed by atoms with Crippen LogP contribution in [0.1, 0.15) is 35.0 Å². The van der Waals surface area contributed by atoms with Crippen LogP contribution >= 0.6 is 11.3 Å². The Kier molecular flexibility index (Phi) is 5.50. The monoisotopic (exact) mass is 393 g/mol. The molecule has 26 heavy (non-hydrogen) atoms. The smallest absolute Gasteiger partial charge is 0.349 e. The van der Waals surface area contributed by atoms with Crippen molar-refractivity contribution in [2.75, 3.05) is 20.2 Å². The summed E-state index contributed by atoms with van der Waals surface area (Å²) in [5, 5.41) is 1.73. The standard InChI is InChI=1S/C19H23NO4S2/c1-13-4-6-15(7-5-13)16-12-25-17(19(21)24-3)18(16)26(22,23)20-10-8-14(2)9-11-20/h4-7,12,14H,8-11H2,1-3H3.